The number of amides is 2. The molecule has 0 radical (unpaired) electrons. The molecule has 0 bridgehead atoms. The molecule has 1 aromatic carbocycles. The van der Waals surface area contributed by atoms with E-state index in [0.717, 1.165) is 50.3 Å². The lowest BCUT2D eigenvalue weighted by Crippen LogP contribution is -2.41. The predicted molar refractivity (Wildman–Crippen MR) is 104 cm³/mol. The Kier molecular flexibility index (Phi) is 5.04. The van der Waals surface area contributed by atoms with E-state index < -0.39 is 0 Å². The molecule has 26 heavy (non-hydrogen) atoms. The van der Waals surface area contributed by atoms with E-state index in [1.165, 1.54) is 5.56 Å². The highest BCUT2D eigenvalue weighted by Crippen LogP contribution is 2.27. The van der Waals surface area contributed by atoms with Crippen molar-refractivity contribution in [2.45, 2.75) is 12.8 Å². The molecular formula is C20H23N3O2S. The molecule has 136 valence electrons. The first-order valence-electron chi connectivity index (χ1n) is 9.14. The van der Waals surface area contributed by atoms with Gasteiger partial charge >= 0.3 is 0 Å². The number of rotatable bonds is 3. The van der Waals surface area contributed by atoms with Crippen molar-refractivity contribution in [3.8, 4) is 0 Å². The SMILES string of the molecule is O=C(c1ccsc1)N1CCCN(CC(=O)N2CCc3ccccc32)CC1. The zero-order valence-electron chi connectivity index (χ0n) is 14.8. The zero-order valence-corrected chi connectivity index (χ0v) is 15.6. The van der Waals surface area contributed by atoms with Gasteiger partial charge in [0.15, 0.2) is 0 Å². The van der Waals surface area contributed by atoms with Crippen molar-refractivity contribution in [1.29, 1.82) is 0 Å². The Hall–Kier alpha value is -2.18. The van der Waals surface area contributed by atoms with Crippen molar-refractivity contribution in [2.24, 2.45) is 0 Å². The van der Waals surface area contributed by atoms with Crippen LogP contribution in [-0.4, -0.2) is 60.9 Å². The van der Waals surface area contributed by atoms with Crippen LogP contribution in [0.15, 0.2) is 41.1 Å². The van der Waals surface area contributed by atoms with Gasteiger partial charge in [-0.15, -0.1) is 0 Å². The lowest BCUT2D eigenvalue weighted by molar-refractivity contribution is -0.119. The summed E-state index contributed by atoms with van der Waals surface area (Å²) in [7, 11) is 0. The van der Waals surface area contributed by atoms with Gasteiger partial charge in [0.1, 0.15) is 0 Å². The summed E-state index contributed by atoms with van der Waals surface area (Å²) in [5.74, 6) is 0.264. The van der Waals surface area contributed by atoms with Crippen LogP contribution in [0.25, 0.3) is 0 Å². The van der Waals surface area contributed by atoms with Crippen molar-refractivity contribution in [3.63, 3.8) is 0 Å². The van der Waals surface area contributed by atoms with E-state index in [2.05, 4.69) is 11.0 Å². The Balaban J connectivity index is 1.35. The van der Waals surface area contributed by atoms with Crippen molar-refractivity contribution in [1.82, 2.24) is 9.80 Å². The molecule has 5 nitrogen and oxygen atoms in total. The minimum Gasteiger partial charge on any atom is -0.337 e. The van der Waals surface area contributed by atoms with Crippen LogP contribution >= 0.6 is 11.3 Å². The van der Waals surface area contributed by atoms with Crippen molar-refractivity contribution < 1.29 is 9.59 Å². The van der Waals surface area contributed by atoms with E-state index in [4.69, 9.17) is 0 Å². The number of para-hydroxylation sites is 1. The Morgan fingerprint density at radius 1 is 1.00 bits per heavy atom. The third kappa shape index (κ3) is 3.52. The van der Waals surface area contributed by atoms with Gasteiger partial charge in [-0.2, -0.15) is 11.3 Å². The van der Waals surface area contributed by atoms with E-state index in [1.807, 2.05) is 44.8 Å². The molecule has 2 aliphatic rings. The number of thiophene rings is 1. The molecular weight excluding hydrogens is 346 g/mol. The Morgan fingerprint density at radius 2 is 1.88 bits per heavy atom. The summed E-state index contributed by atoms with van der Waals surface area (Å²) in [6, 6.07) is 10.0. The van der Waals surface area contributed by atoms with E-state index in [9.17, 15) is 9.59 Å². The summed E-state index contributed by atoms with van der Waals surface area (Å²) < 4.78 is 0. The molecule has 4 rings (SSSR count). The molecule has 2 aliphatic heterocycles. The van der Waals surface area contributed by atoms with Crippen LogP contribution in [0.4, 0.5) is 5.69 Å². The summed E-state index contributed by atoms with van der Waals surface area (Å²) >= 11 is 1.55. The Labute approximate surface area is 157 Å². The highest BCUT2D eigenvalue weighted by molar-refractivity contribution is 7.08. The largest absolute Gasteiger partial charge is 0.337 e. The fourth-order valence-corrected chi connectivity index (χ4v) is 4.40. The smallest absolute Gasteiger partial charge is 0.254 e. The fourth-order valence-electron chi connectivity index (χ4n) is 3.77. The number of anilines is 1. The second kappa shape index (κ2) is 7.60. The van der Waals surface area contributed by atoms with Crippen molar-refractivity contribution >= 4 is 28.8 Å². The third-order valence-electron chi connectivity index (χ3n) is 5.19. The highest BCUT2D eigenvalue weighted by atomic mass is 32.1. The number of fused-ring (bicyclic) bond motifs is 1. The van der Waals surface area contributed by atoms with Gasteiger partial charge in [-0.05, 0) is 35.9 Å². The van der Waals surface area contributed by atoms with Gasteiger partial charge in [-0.1, -0.05) is 18.2 Å². The lowest BCUT2D eigenvalue weighted by atomic mass is 10.2. The molecule has 1 saturated heterocycles. The van der Waals surface area contributed by atoms with Crippen LogP contribution in [0.5, 0.6) is 0 Å². The highest BCUT2D eigenvalue weighted by Gasteiger charge is 2.27. The topological polar surface area (TPSA) is 43.9 Å². The number of carbonyl (C=O) groups is 2. The Morgan fingerprint density at radius 3 is 2.73 bits per heavy atom. The Bertz CT molecular complexity index is 790. The fraction of sp³-hybridized carbons (Fsp3) is 0.400. The number of hydrogen-bond acceptors (Lipinski definition) is 4. The monoisotopic (exact) mass is 369 g/mol. The normalized spacial score (nSPS) is 17.8. The van der Waals surface area contributed by atoms with Gasteiger partial charge in [0.2, 0.25) is 5.91 Å². The quantitative estimate of drug-likeness (QED) is 0.835. The number of nitrogens with zero attached hydrogens (tertiary/aromatic N) is 3. The van der Waals surface area contributed by atoms with Crippen molar-refractivity contribution in [2.75, 3.05) is 44.2 Å². The molecule has 0 unspecified atom stereocenters. The standard InChI is InChI=1S/C20H23N3O2S/c24-19(23-10-6-16-4-1-2-5-18(16)23)14-21-8-3-9-22(12-11-21)20(25)17-7-13-26-15-17/h1-2,4-5,7,13,15H,3,6,8-12,14H2. The van der Waals surface area contributed by atoms with Crippen LogP contribution < -0.4 is 4.90 Å². The van der Waals surface area contributed by atoms with Gasteiger partial charge in [-0.3, -0.25) is 14.5 Å². The molecule has 1 fully saturated rings. The van der Waals surface area contributed by atoms with Crippen molar-refractivity contribution in [3.05, 3.63) is 52.2 Å². The molecule has 2 amide bonds. The molecule has 3 heterocycles. The molecule has 0 aliphatic carbocycles. The summed E-state index contributed by atoms with van der Waals surface area (Å²) in [4.78, 5) is 31.3. The number of benzene rings is 1. The number of hydrogen-bond donors (Lipinski definition) is 0. The van der Waals surface area contributed by atoms with E-state index in [-0.39, 0.29) is 11.8 Å². The first-order chi connectivity index (χ1) is 12.7. The van der Waals surface area contributed by atoms with Crippen LogP contribution in [0.3, 0.4) is 0 Å². The maximum atomic E-state index is 12.8. The summed E-state index contributed by atoms with van der Waals surface area (Å²) in [6.45, 7) is 4.24. The predicted octanol–water partition coefficient (Wildman–Crippen LogP) is 2.49. The summed E-state index contributed by atoms with van der Waals surface area (Å²) in [5, 5.41) is 3.84. The second-order valence-electron chi connectivity index (χ2n) is 6.86. The number of carbonyl (C=O) groups excluding carboxylic acids is 2. The van der Waals surface area contributed by atoms with Gasteiger partial charge in [0.05, 0.1) is 12.1 Å². The minimum atomic E-state index is 0.105. The first kappa shape index (κ1) is 17.2. The molecule has 0 N–H and O–H groups in total. The maximum absolute atomic E-state index is 12.8. The maximum Gasteiger partial charge on any atom is 0.254 e. The molecule has 2 aromatic rings. The molecule has 1 aromatic heterocycles. The van der Waals surface area contributed by atoms with Crippen LogP contribution in [0.1, 0.15) is 22.3 Å². The van der Waals surface area contributed by atoms with Gasteiger partial charge < -0.3 is 9.80 Å². The van der Waals surface area contributed by atoms with E-state index in [1.54, 1.807) is 11.3 Å². The van der Waals surface area contributed by atoms with Crippen LogP contribution in [-0.2, 0) is 11.2 Å². The molecule has 6 heteroatoms. The average molecular weight is 369 g/mol. The van der Waals surface area contributed by atoms with E-state index in [0.29, 0.717) is 13.1 Å². The molecule has 0 spiro atoms. The van der Waals surface area contributed by atoms with Gasteiger partial charge in [-0.25, -0.2) is 0 Å². The molecule has 0 atom stereocenters. The van der Waals surface area contributed by atoms with Gasteiger partial charge in [0.25, 0.3) is 5.91 Å². The van der Waals surface area contributed by atoms with Crippen LogP contribution in [0, 0.1) is 0 Å². The lowest BCUT2D eigenvalue weighted by Gasteiger charge is -2.24. The summed E-state index contributed by atoms with van der Waals surface area (Å²) in [5.41, 5.74) is 3.08. The summed E-state index contributed by atoms with van der Waals surface area (Å²) in [6.07, 6.45) is 1.84. The molecule has 0 saturated carbocycles. The second-order valence-corrected chi connectivity index (χ2v) is 7.64. The minimum absolute atomic E-state index is 0.105. The zero-order chi connectivity index (χ0) is 17.9. The third-order valence-corrected chi connectivity index (χ3v) is 5.87. The van der Waals surface area contributed by atoms with Crippen LogP contribution in [0.2, 0.25) is 0 Å². The first-order valence-corrected chi connectivity index (χ1v) is 10.1. The van der Waals surface area contributed by atoms with E-state index >= 15 is 0 Å². The average Bonchev–Trinajstić information content (AvgIpc) is 3.28. The van der Waals surface area contributed by atoms with Gasteiger partial charge in [0, 0.05) is 43.8 Å².